The number of methoxy groups -OCH3 is 1. The third-order valence-corrected chi connectivity index (χ3v) is 7.90. The third-order valence-electron chi connectivity index (χ3n) is 7.90. The number of likely N-dealkylation sites (tertiary alicyclic amines) is 1. The molecule has 3 aromatic carbocycles. The summed E-state index contributed by atoms with van der Waals surface area (Å²) >= 11 is 0. The van der Waals surface area contributed by atoms with Crippen LogP contribution in [0.3, 0.4) is 0 Å². The number of halogens is 2. The Labute approximate surface area is 244 Å². The van der Waals surface area contributed by atoms with Crippen molar-refractivity contribution in [3.05, 3.63) is 89.8 Å². The fourth-order valence-corrected chi connectivity index (χ4v) is 5.62. The molecule has 2 heterocycles. The minimum absolute atomic E-state index is 0.153. The molecule has 0 spiro atoms. The van der Waals surface area contributed by atoms with Gasteiger partial charge in [-0.2, -0.15) is 0 Å². The predicted octanol–water partition coefficient (Wildman–Crippen LogP) is 6.00. The Kier molecular flexibility index (Phi) is 9.07. The van der Waals surface area contributed by atoms with E-state index in [9.17, 15) is 13.6 Å². The Morgan fingerprint density at radius 1 is 1.12 bits per heavy atom. The number of aromatic amines is 1. The lowest BCUT2D eigenvalue weighted by molar-refractivity contribution is 0.101. The van der Waals surface area contributed by atoms with Gasteiger partial charge in [0.25, 0.3) is 0 Å². The van der Waals surface area contributed by atoms with Crippen LogP contribution in [-0.2, 0) is 0 Å². The molecule has 5 rings (SSSR count). The lowest BCUT2D eigenvalue weighted by atomic mass is 9.97. The fraction of sp³-hybridized carbons (Fsp3) is 0.303. The summed E-state index contributed by atoms with van der Waals surface area (Å²) in [6.45, 7) is 6.01. The van der Waals surface area contributed by atoms with E-state index in [-0.39, 0.29) is 17.4 Å². The van der Waals surface area contributed by atoms with Gasteiger partial charge in [0.2, 0.25) is 0 Å². The molecule has 1 saturated heterocycles. The van der Waals surface area contributed by atoms with Crippen molar-refractivity contribution in [2.24, 2.45) is 11.7 Å². The van der Waals surface area contributed by atoms with Gasteiger partial charge in [-0.3, -0.25) is 4.79 Å². The summed E-state index contributed by atoms with van der Waals surface area (Å²) in [6.07, 6.45) is 3.86. The van der Waals surface area contributed by atoms with Crippen molar-refractivity contribution >= 4 is 28.1 Å². The predicted molar refractivity (Wildman–Crippen MR) is 164 cm³/mol. The van der Waals surface area contributed by atoms with E-state index in [2.05, 4.69) is 20.5 Å². The molecular weight excluding hydrogens is 536 g/mol. The van der Waals surface area contributed by atoms with E-state index < -0.39 is 0 Å². The SMILES string of the molecule is COc1cccc(F)c1-c1ccc(NCCN2CCC(CN/C=C(\N)c3c(C(C)=O)[nH]c4ccc(F)cc34)CC2)cc1. The molecule has 42 heavy (non-hydrogen) atoms. The second-order valence-electron chi connectivity index (χ2n) is 10.7. The number of carbonyl (C=O) groups is 1. The Morgan fingerprint density at radius 3 is 2.60 bits per heavy atom. The van der Waals surface area contributed by atoms with Gasteiger partial charge in [0.05, 0.1) is 24.1 Å². The standard InChI is InChI=1S/C33H37F2N5O2/c1-21(41)33-32(26-18-24(34)8-11-29(26)39-33)28(36)20-37-19-22-12-15-40(16-13-22)17-14-38-25-9-6-23(7-10-25)31-27(35)4-3-5-30(31)42-2/h3-11,18,20,22,37-39H,12-17,19,36H2,1-2H3/b28-20-. The number of carbonyl (C=O) groups excluding carboxylic acids is 1. The van der Waals surface area contributed by atoms with Gasteiger partial charge in [0.15, 0.2) is 5.78 Å². The number of ketones is 1. The molecule has 9 heteroatoms. The number of benzene rings is 3. The molecule has 1 aliphatic heterocycles. The summed E-state index contributed by atoms with van der Waals surface area (Å²) in [4.78, 5) is 17.7. The monoisotopic (exact) mass is 573 g/mol. The molecule has 0 unspecified atom stereocenters. The highest BCUT2D eigenvalue weighted by Gasteiger charge is 2.20. The number of Topliss-reactive ketones (excluding diaryl/α,β-unsaturated/α-hetero) is 1. The van der Waals surface area contributed by atoms with Crippen molar-refractivity contribution in [3.8, 4) is 16.9 Å². The molecule has 4 aromatic rings. The van der Waals surface area contributed by atoms with E-state index in [4.69, 9.17) is 10.5 Å². The maximum atomic E-state index is 14.4. The van der Waals surface area contributed by atoms with Crippen LogP contribution >= 0.6 is 0 Å². The van der Waals surface area contributed by atoms with Crippen LogP contribution in [0.15, 0.2) is 66.9 Å². The number of hydrogen-bond donors (Lipinski definition) is 4. The van der Waals surface area contributed by atoms with Crippen LogP contribution < -0.4 is 21.1 Å². The number of piperidine rings is 1. The molecular formula is C33H37F2N5O2. The number of aromatic nitrogens is 1. The molecule has 0 radical (unpaired) electrons. The molecule has 5 N–H and O–H groups in total. The van der Waals surface area contributed by atoms with Gasteiger partial charge >= 0.3 is 0 Å². The van der Waals surface area contributed by atoms with Crippen LogP contribution in [0.2, 0.25) is 0 Å². The molecule has 7 nitrogen and oxygen atoms in total. The number of H-pyrrole nitrogens is 1. The summed E-state index contributed by atoms with van der Waals surface area (Å²) in [5.41, 5.74) is 10.6. The first-order valence-corrected chi connectivity index (χ1v) is 14.2. The van der Waals surface area contributed by atoms with Crippen molar-refractivity contribution in [2.75, 3.05) is 45.2 Å². The number of nitrogens with two attached hydrogens (primary N) is 1. The van der Waals surface area contributed by atoms with E-state index >= 15 is 0 Å². The number of nitrogens with one attached hydrogen (secondary N) is 3. The quantitative estimate of drug-likeness (QED) is 0.165. The Bertz CT molecular complexity index is 1570. The Balaban J connectivity index is 1.07. The molecule has 0 aliphatic carbocycles. The van der Waals surface area contributed by atoms with E-state index in [0.29, 0.717) is 45.1 Å². The van der Waals surface area contributed by atoms with Crippen LogP contribution in [0.4, 0.5) is 14.5 Å². The zero-order valence-corrected chi connectivity index (χ0v) is 24.0. The smallest absolute Gasteiger partial charge is 0.176 e. The first-order valence-electron chi connectivity index (χ1n) is 14.2. The van der Waals surface area contributed by atoms with Crippen molar-refractivity contribution in [1.82, 2.24) is 15.2 Å². The van der Waals surface area contributed by atoms with Gasteiger partial charge in [-0.1, -0.05) is 18.2 Å². The average molecular weight is 574 g/mol. The highest BCUT2D eigenvalue weighted by Crippen LogP contribution is 2.33. The molecule has 1 aliphatic rings. The summed E-state index contributed by atoms with van der Waals surface area (Å²) in [7, 11) is 1.54. The van der Waals surface area contributed by atoms with Gasteiger partial charge in [-0.15, -0.1) is 0 Å². The second kappa shape index (κ2) is 13.1. The number of fused-ring (bicyclic) bond motifs is 1. The maximum Gasteiger partial charge on any atom is 0.176 e. The molecule has 0 saturated carbocycles. The van der Waals surface area contributed by atoms with E-state index in [1.165, 1.54) is 25.1 Å². The molecule has 1 fully saturated rings. The van der Waals surface area contributed by atoms with Crippen LogP contribution in [0, 0.1) is 17.6 Å². The largest absolute Gasteiger partial charge is 0.496 e. The van der Waals surface area contributed by atoms with Crippen molar-refractivity contribution in [3.63, 3.8) is 0 Å². The van der Waals surface area contributed by atoms with Crippen LogP contribution in [-0.4, -0.2) is 55.5 Å². The number of nitrogens with zero attached hydrogens (tertiary/aromatic N) is 1. The third kappa shape index (κ3) is 6.57. The lowest BCUT2D eigenvalue weighted by Gasteiger charge is -2.32. The van der Waals surface area contributed by atoms with Gasteiger partial charge in [-0.25, -0.2) is 8.78 Å². The van der Waals surface area contributed by atoms with Crippen molar-refractivity contribution in [2.45, 2.75) is 19.8 Å². The van der Waals surface area contributed by atoms with Gasteiger partial charge in [0.1, 0.15) is 17.4 Å². The normalized spacial score (nSPS) is 14.7. The Hall–Kier alpha value is -4.37. The van der Waals surface area contributed by atoms with Gasteiger partial charge in [-0.05, 0) is 79.9 Å². The van der Waals surface area contributed by atoms with E-state index in [1.54, 1.807) is 31.5 Å². The molecule has 1 aromatic heterocycles. The molecule has 0 amide bonds. The van der Waals surface area contributed by atoms with Gasteiger partial charge in [0, 0.05) is 54.9 Å². The summed E-state index contributed by atoms with van der Waals surface area (Å²) < 4.78 is 33.6. The first-order chi connectivity index (χ1) is 20.3. The topological polar surface area (TPSA) is 95.4 Å². The van der Waals surface area contributed by atoms with Crippen LogP contribution in [0.5, 0.6) is 5.75 Å². The number of anilines is 1. The second-order valence-corrected chi connectivity index (χ2v) is 10.7. The summed E-state index contributed by atoms with van der Waals surface area (Å²) in [5, 5.41) is 7.39. The number of ether oxygens (including phenoxy) is 1. The highest BCUT2D eigenvalue weighted by atomic mass is 19.1. The highest BCUT2D eigenvalue weighted by molar-refractivity contribution is 6.06. The zero-order valence-electron chi connectivity index (χ0n) is 24.0. The molecule has 220 valence electrons. The van der Waals surface area contributed by atoms with Crippen LogP contribution in [0.25, 0.3) is 27.7 Å². The maximum absolute atomic E-state index is 14.4. The Morgan fingerprint density at radius 2 is 1.88 bits per heavy atom. The lowest BCUT2D eigenvalue weighted by Crippen LogP contribution is -2.39. The van der Waals surface area contributed by atoms with Crippen molar-refractivity contribution < 1.29 is 18.3 Å². The first kappa shape index (κ1) is 29.1. The summed E-state index contributed by atoms with van der Waals surface area (Å²) in [6, 6.07) is 16.9. The number of hydrogen-bond acceptors (Lipinski definition) is 6. The zero-order chi connectivity index (χ0) is 29.6. The number of rotatable bonds is 11. The van der Waals surface area contributed by atoms with E-state index in [0.717, 1.165) is 56.8 Å². The fourth-order valence-electron chi connectivity index (χ4n) is 5.62. The summed E-state index contributed by atoms with van der Waals surface area (Å²) in [5.74, 6) is 0.191. The molecule has 0 atom stereocenters. The van der Waals surface area contributed by atoms with Gasteiger partial charge < -0.3 is 31.0 Å². The van der Waals surface area contributed by atoms with Crippen molar-refractivity contribution in [1.29, 1.82) is 0 Å². The minimum Gasteiger partial charge on any atom is -0.496 e. The molecule has 0 bridgehead atoms. The minimum atomic E-state index is -0.376. The van der Waals surface area contributed by atoms with Crippen LogP contribution in [0.1, 0.15) is 35.8 Å². The average Bonchev–Trinajstić information content (AvgIpc) is 3.37. The van der Waals surface area contributed by atoms with E-state index in [1.807, 2.05) is 24.3 Å².